The molecule has 0 aliphatic carbocycles. The van der Waals surface area contributed by atoms with Crippen molar-refractivity contribution >= 4 is 66.8 Å². The largest absolute Gasteiger partial charge is 0.354 e. The predicted octanol–water partition coefficient (Wildman–Crippen LogP) is 4.10. The van der Waals surface area contributed by atoms with E-state index in [0.717, 1.165) is 20.1 Å². The minimum absolute atomic E-state index is 0.0440. The number of thioether (sulfide) groups is 2. The molecule has 1 atom stereocenters. The number of aromatic nitrogens is 1. The number of hydrogen-bond acceptors (Lipinski definition) is 7. The van der Waals surface area contributed by atoms with Gasteiger partial charge in [0.2, 0.25) is 5.91 Å². The molecule has 0 spiro atoms. The Balaban J connectivity index is 2.11. The third-order valence-electron chi connectivity index (χ3n) is 2.17. The van der Waals surface area contributed by atoms with Crippen LogP contribution in [0.15, 0.2) is 29.4 Å². The van der Waals surface area contributed by atoms with Crippen LogP contribution < -0.4 is 5.32 Å². The molecule has 1 aromatic rings. The average molecular weight is 379 g/mol. The molecule has 0 saturated carbocycles. The zero-order valence-electron chi connectivity index (χ0n) is 11.9. The minimum Gasteiger partial charge on any atom is -0.354 e. The second-order valence-corrected chi connectivity index (χ2v) is 10.1. The van der Waals surface area contributed by atoms with Crippen molar-refractivity contribution in [2.75, 3.05) is 18.1 Å². The van der Waals surface area contributed by atoms with E-state index in [0.29, 0.717) is 6.54 Å². The van der Waals surface area contributed by atoms with E-state index >= 15 is 0 Å². The van der Waals surface area contributed by atoms with Crippen molar-refractivity contribution in [1.29, 1.82) is 0 Å². The Labute approximate surface area is 148 Å². The molecule has 0 bridgehead atoms. The van der Waals surface area contributed by atoms with Crippen LogP contribution in [0.25, 0.3) is 0 Å². The van der Waals surface area contributed by atoms with Crippen molar-refractivity contribution in [1.82, 2.24) is 10.3 Å². The lowest BCUT2D eigenvalue weighted by atomic mass is 10.4. The molecule has 1 unspecified atom stereocenters. The van der Waals surface area contributed by atoms with E-state index in [9.17, 15) is 4.79 Å². The van der Waals surface area contributed by atoms with E-state index < -0.39 is 0 Å². The third kappa shape index (κ3) is 8.97. The number of carbonyl (C=O) groups is 1. The molecular formula is C13H18N2OS5. The fourth-order valence-electron chi connectivity index (χ4n) is 1.21. The highest BCUT2D eigenvalue weighted by Crippen LogP contribution is 2.28. The number of amides is 1. The quantitative estimate of drug-likeness (QED) is 0.415. The number of hydrogen-bond donors (Lipinski definition) is 1. The van der Waals surface area contributed by atoms with Crippen LogP contribution in [-0.4, -0.2) is 37.7 Å². The van der Waals surface area contributed by atoms with E-state index in [1.54, 1.807) is 39.5 Å². The Bertz CT molecular complexity index is 443. The molecule has 1 N–H and O–H groups in total. The predicted molar refractivity (Wildman–Crippen MR) is 103 cm³/mol. The number of pyridine rings is 1. The zero-order valence-corrected chi connectivity index (χ0v) is 16.0. The molecule has 0 aromatic carbocycles. The van der Waals surface area contributed by atoms with E-state index in [2.05, 4.69) is 17.2 Å². The summed E-state index contributed by atoms with van der Waals surface area (Å²) in [4.78, 5) is 16.1. The first kappa shape index (κ1) is 19.2. The standard InChI is InChI=1S/C13H18N2OS5/c1-3-18-13(17)20-10(2)12(16)15-8-9-19-21-11-6-4-5-7-14-11/h4-7,10H,3,8-9H2,1-2H3,(H,15,16). The highest BCUT2D eigenvalue weighted by molar-refractivity contribution is 8.76. The van der Waals surface area contributed by atoms with Gasteiger partial charge in [0.1, 0.15) is 8.55 Å². The Morgan fingerprint density at radius 3 is 2.95 bits per heavy atom. The van der Waals surface area contributed by atoms with E-state index in [4.69, 9.17) is 12.2 Å². The fourth-order valence-corrected chi connectivity index (χ4v) is 5.55. The first-order chi connectivity index (χ1) is 10.1. The summed E-state index contributed by atoms with van der Waals surface area (Å²) in [7, 11) is 3.31. The van der Waals surface area contributed by atoms with Crippen LogP contribution in [0.5, 0.6) is 0 Å². The fraction of sp³-hybridized carbons (Fsp3) is 0.462. The van der Waals surface area contributed by atoms with Crippen molar-refractivity contribution in [3.63, 3.8) is 0 Å². The van der Waals surface area contributed by atoms with Gasteiger partial charge in [0, 0.05) is 18.5 Å². The van der Waals surface area contributed by atoms with Crippen molar-refractivity contribution in [2.45, 2.75) is 24.1 Å². The summed E-state index contributed by atoms with van der Waals surface area (Å²) >= 11 is 8.25. The number of nitrogens with one attached hydrogen (secondary N) is 1. The molecule has 0 saturated heterocycles. The first-order valence-corrected chi connectivity index (χ1v) is 11.0. The summed E-state index contributed by atoms with van der Waals surface area (Å²) in [5.74, 6) is 1.84. The third-order valence-corrected chi connectivity index (χ3v) is 7.01. The van der Waals surface area contributed by atoms with Crippen LogP contribution in [0.1, 0.15) is 13.8 Å². The van der Waals surface area contributed by atoms with Crippen molar-refractivity contribution in [3.8, 4) is 0 Å². The molecule has 3 nitrogen and oxygen atoms in total. The highest BCUT2D eigenvalue weighted by Gasteiger charge is 2.15. The van der Waals surface area contributed by atoms with Gasteiger partial charge in [0.25, 0.3) is 0 Å². The van der Waals surface area contributed by atoms with Gasteiger partial charge in [-0.15, -0.1) is 11.8 Å². The molecule has 0 aliphatic rings. The molecule has 1 aromatic heterocycles. The number of carbonyl (C=O) groups excluding carboxylic acids is 1. The SMILES string of the molecule is CCSC(=S)SC(C)C(=O)NCCSSc1ccccn1. The molecule has 0 aliphatic heterocycles. The molecule has 8 heteroatoms. The van der Waals surface area contributed by atoms with Gasteiger partial charge >= 0.3 is 0 Å². The van der Waals surface area contributed by atoms with Gasteiger partial charge in [-0.05, 0) is 35.6 Å². The lowest BCUT2D eigenvalue weighted by Gasteiger charge is -2.11. The van der Waals surface area contributed by atoms with Gasteiger partial charge in [-0.1, -0.05) is 47.8 Å². The maximum atomic E-state index is 11.9. The summed E-state index contributed by atoms with van der Waals surface area (Å²) in [6.45, 7) is 4.60. The van der Waals surface area contributed by atoms with Gasteiger partial charge in [-0.25, -0.2) is 4.98 Å². The van der Waals surface area contributed by atoms with E-state index in [-0.39, 0.29) is 11.2 Å². The maximum absolute atomic E-state index is 11.9. The summed E-state index contributed by atoms with van der Waals surface area (Å²) in [6, 6.07) is 5.84. The van der Waals surface area contributed by atoms with Crippen LogP contribution in [0.4, 0.5) is 0 Å². The lowest BCUT2D eigenvalue weighted by molar-refractivity contribution is -0.120. The van der Waals surface area contributed by atoms with E-state index in [1.807, 2.05) is 25.1 Å². The average Bonchev–Trinajstić information content (AvgIpc) is 2.48. The molecule has 0 fully saturated rings. The molecule has 21 heavy (non-hydrogen) atoms. The van der Waals surface area contributed by atoms with Gasteiger partial charge in [0.15, 0.2) is 0 Å². The number of nitrogens with zero attached hydrogens (tertiary/aromatic N) is 1. The van der Waals surface area contributed by atoms with Crippen LogP contribution in [0, 0.1) is 0 Å². The second kappa shape index (κ2) is 11.6. The smallest absolute Gasteiger partial charge is 0.233 e. The van der Waals surface area contributed by atoms with Gasteiger partial charge in [-0.2, -0.15) is 0 Å². The van der Waals surface area contributed by atoms with Gasteiger partial charge in [0.05, 0.1) is 5.25 Å². The summed E-state index contributed by atoms with van der Waals surface area (Å²) in [6.07, 6.45) is 1.78. The molecule has 0 radical (unpaired) electrons. The van der Waals surface area contributed by atoms with Gasteiger partial charge < -0.3 is 5.32 Å². The number of rotatable bonds is 8. The van der Waals surface area contributed by atoms with Crippen molar-refractivity contribution in [2.24, 2.45) is 0 Å². The Morgan fingerprint density at radius 2 is 2.29 bits per heavy atom. The minimum atomic E-state index is -0.134. The molecular weight excluding hydrogens is 360 g/mol. The van der Waals surface area contributed by atoms with Crippen LogP contribution in [0.3, 0.4) is 0 Å². The Hall–Kier alpha value is 0.110. The topological polar surface area (TPSA) is 42.0 Å². The number of thiocarbonyl (C=S) groups is 1. The van der Waals surface area contributed by atoms with Crippen molar-refractivity contribution < 1.29 is 4.79 Å². The van der Waals surface area contributed by atoms with E-state index in [1.165, 1.54) is 11.8 Å². The molecule has 116 valence electrons. The zero-order chi connectivity index (χ0) is 15.5. The van der Waals surface area contributed by atoms with Crippen molar-refractivity contribution in [3.05, 3.63) is 24.4 Å². The summed E-state index contributed by atoms with van der Waals surface area (Å²) in [5.41, 5.74) is 0. The second-order valence-electron chi connectivity index (χ2n) is 3.81. The van der Waals surface area contributed by atoms with Crippen LogP contribution in [0.2, 0.25) is 0 Å². The summed E-state index contributed by atoms with van der Waals surface area (Å²) < 4.78 is 0.834. The Morgan fingerprint density at radius 1 is 1.48 bits per heavy atom. The van der Waals surface area contributed by atoms with Crippen LogP contribution in [-0.2, 0) is 4.79 Å². The maximum Gasteiger partial charge on any atom is 0.233 e. The van der Waals surface area contributed by atoms with Crippen LogP contribution >= 0.6 is 57.3 Å². The van der Waals surface area contributed by atoms with Gasteiger partial charge in [-0.3, -0.25) is 4.79 Å². The first-order valence-electron chi connectivity index (χ1n) is 6.45. The highest BCUT2D eigenvalue weighted by atomic mass is 33.1. The Kier molecular flexibility index (Phi) is 10.6. The lowest BCUT2D eigenvalue weighted by Crippen LogP contribution is -2.32. The molecule has 1 amide bonds. The monoisotopic (exact) mass is 378 g/mol. The normalized spacial score (nSPS) is 11.9. The molecule has 1 rings (SSSR count). The summed E-state index contributed by atoms with van der Waals surface area (Å²) in [5, 5.41) is 3.78. The molecule has 1 heterocycles.